The number of likely N-dealkylation sites (tertiary alicyclic amines) is 1. The summed E-state index contributed by atoms with van der Waals surface area (Å²) in [4.78, 5) is 16.0. The number of carbonyl (C=O) groups is 1. The molecule has 1 aromatic carbocycles. The quantitative estimate of drug-likeness (QED) is 0.834. The fourth-order valence-corrected chi connectivity index (χ4v) is 3.88. The second kappa shape index (κ2) is 7.18. The Kier molecular flexibility index (Phi) is 5.53. The first kappa shape index (κ1) is 16.2. The summed E-state index contributed by atoms with van der Waals surface area (Å²) in [6.45, 7) is 0.977. The van der Waals surface area contributed by atoms with Crippen LogP contribution in [0.25, 0.3) is 0 Å². The van der Waals surface area contributed by atoms with Gasteiger partial charge in [0.25, 0.3) is 0 Å². The normalized spacial score (nSPS) is 22.3. The molecule has 116 valence electrons. The molecule has 0 N–H and O–H groups in total. The Labute approximate surface area is 131 Å². The van der Waals surface area contributed by atoms with E-state index in [-0.39, 0.29) is 11.9 Å². The second-order valence-corrected chi connectivity index (χ2v) is 6.99. The van der Waals surface area contributed by atoms with Crippen LogP contribution in [0.3, 0.4) is 0 Å². The standard InChI is InChI=1S/C16H24N2O2S/c1-17(2)16(19)15-9-14(10-18(15)3)21-11-12-5-7-13(20-4)8-6-12/h5-8,14-15H,9-11H2,1-4H3/t14-,15-/m0/s1. The van der Waals surface area contributed by atoms with Crippen molar-refractivity contribution in [3.63, 3.8) is 0 Å². The van der Waals surface area contributed by atoms with Crippen LogP contribution in [-0.2, 0) is 10.5 Å². The summed E-state index contributed by atoms with van der Waals surface area (Å²) in [5.74, 6) is 2.08. The summed E-state index contributed by atoms with van der Waals surface area (Å²) >= 11 is 1.93. The van der Waals surface area contributed by atoms with Crippen LogP contribution >= 0.6 is 11.8 Å². The third-order valence-electron chi connectivity index (χ3n) is 3.88. The van der Waals surface area contributed by atoms with Gasteiger partial charge in [-0.1, -0.05) is 12.1 Å². The fourth-order valence-electron chi connectivity index (χ4n) is 2.60. The van der Waals surface area contributed by atoms with Crippen molar-refractivity contribution in [1.82, 2.24) is 9.80 Å². The zero-order chi connectivity index (χ0) is 15.4. The number of rotatable bonds is 5. The minimum absolute atomic E-state index is 0.0355. The van der Waals surface area contributed by atoms with Crippen LogP contribution in [0.15, 0.2) is 24.3 Å². The van der Waals surface area contributed by atoms with E-state index < -0.39 is 0 Å². The maximum atomic E-state index is 12.1. The van der Waals surface area contributed by atoms with Crippen molar-refractivity contribution in [1.29, 1.82) is 0 Å². The maximum Gasteiger partial charge on any atom is 0.239 e. The molecule has 1 aromatic rings. The number of ether oxygens (including phenoxy) is 1. The molecule has 4 nitrogen and oxygen atoms in total. The van der Waals surface area contributed by atoms with E-state index in [0.29, 0.717) is 5.25 Å². The minimum atomic E-state index is 0.0355. The topological polar surface area (TPSA) is 32.8 Å². The predicted octanol–water partition coefficient (Wildman–Crippen LogP) is 2.09. The van der Waals surface area contributed by atoms with Crippen LogP contribution in [0.2, 0.25) is 0 Å². The zero-order valence-electron chi connectivity index (χ0n) is 13.2. The van der Waals surface area contributed by atoms with E-state index in [4.69, 9.17) is 4.74 Å². The van der Waals surface area contributed by atoms with E-state index in [1.807, 2.05) is 45.0 Å². The van der Waals surface area contributed by atoms with Crippen LogP contribution in [0.4, 0.5) is 0 Å². The smallest absolute Gasteiger partial charge is 0.239 e. The highest BCUT2D eigenvalue weighted by atomic mass is 32.2. The summed E-state index contributed by atoms with van der Waals surface area (Å²) in [6.07, 6.45) is 0.939. The summed E-state index contributed by atoms with van der Waals surface area (Å²) in [7, 11) is 7.38. The molecule has 0 unspecified atom stereocenters. The molecule has 2 rings (SSSR count). The molecule has 21 heavy (non-hydrogen) atoms. The minimum Gasteiger partial charge on any atom is -0.497 e. The van der Waals surface area contributed by atoms with Gasteiger partial charge in [-0.3, -0.25) is 9.69 Å². The van der Waals surface area contributed by atoms with Gasteiger partial charge in [-0.15, -0.1) is 0 Å². The van der Waals surface area contributed by atoms with Crippen LogP contribution < -0.4 is 4.74 Å². The SMILES string of the molecule is COc1ccc(CS[C@H]2C[C@@H](C(=O)N(C)C)N(C)C2)cc1. The highest BCUT2D eigenvalue weighted by Gasteiger charge is 2.35. The number of methoxy groups -OCH3 is 1. The van der Waals surface area contributed by atoms with Gasteiger partial charge in [0.1, 0.15) is 5.75 Å². The molecule has 1 fully saturated rings. The first-order chi connectivity index (χ1) is 10.0. The molecule has 0 radical (unpaired) electrons. The largest absolute Gasteiger partial charge is 0.497 e. The number of carbonyl (C=O) groups excluding carboxylic acids is 1. The molecule has 0 bridgehead atoms. The molecule has 0 aromatic heterocycles. The van der Waals surface area contributed by atoms with Gasteiger partial charge in [0.05, 0.1) is 13.2 Å². The van der Waals surface area contributed by atoms with Gasteiger partial charge in [-0.2, -0.15) is 11.8 Å². The van der Waals surface area contributed by atoms with E-state index in [1.165, 1.54) is 5.56 Å². The molecular weight excluding hydrogens is 284 g/mol. The third-order valence-corrected chi connectivity index (χ3v) is 5.19. The Morgan fingerprint density at radius 2 is 2.05 bits per heavy atom. The fraction of sp³-hybridized carbons (Fsp3) is 0.562. The Morgan fingerprint density at radius 3 is 2.62 bits per heavy atom. The lowest BCUT2D eigenvalue weighted by Crippen LogP contribution is -2.40. The lowest BCUT2D eigenvalue weighted by molar-refractivity contribution is -0.132. The number of likely N-dealkylation sites (N-methyl/N-ethyl adjacent to an activating group) is 2. The number of amides is 1. The van der Waals surface area contributed by atoms with Crippen molar-refractivity contribution in [3.8, 4) is 5.75 Å². The average Bonchev–Trinajstić information content (AvgIpc) is 2.85. The number of hydrogen-bond acceptors (Lipinski definition) is 4. The molecule has 0 saturated carbocycles. The summed E-state index contributed by atoms with van der Waals surface area (Å²) in [5, 5.41) is 0.519. The molecule has 5 heteroatoms. The van der Waals surface area contributed by atoms with Gasteiger partial charge in [0.2, 0.25) is 5.91 Å². The number of hydrogen-bond donors (Lipinski definition) is 0. The van der Waals surface area contributed by atoms with Gasteiger partial charge in [0.15, 0.2) is 0 Å². The zero-order valence-corrected chi connectivity index (χ0v) is 14.0. The predicted molar refractivity (Wildman–Crippen MR) is 87.8 cm³/mol. The van der Waals surface area contributed by atoms with Gasteiger partial charge in [-0.25, -0.2) is 0 Å². The molecule has 0 aliphatic carbocycles. The van der Waals surface area contributed by atoms with E-state index in [9.17, 15) is 4.79 Å². The van der Waals surface area contributed by atoms with Crippen LogP contribution in [0.5, 0.6) is 5.75 Å². The molecule has 1 saturated heterocycles. The number of nitrogens with zero attached hydrogens (tertiary/aromatic N) is 2. The van der Waals surface area contributed by atoms with E-state index >= 15 is 0 Å². The maximum absolute atomic E-state index is 12.1. The highest BCUT2D eigenvalue weighted by molar-refractivity contribution is 7.99. The van der Waals surface area contributed by atoms with Crippen molar-refractivity contribution in [2.24, 2.45) is 0 Å². The van der Waals surface area contributed by atoms with Gasteiger partial charge < -0.3 is 9.64 Å². The average molecular weight is 308 g/mol. The van der Waals surface area contributed by atoms with Crippen molar-refractivity contribution in [3.05, 3.63) is 29.8 Å². The van der Waals surface area contributed by atoms with Gasteiger partial charge in [-0.05, 0) is 31.2 Å². The highest BCUT2D eigenvalue weighted by Crippen LogP contribution is 2.30. The molecule has 1 aliphatic heterocycles. The summed E-state index contributed by atoms with van der Waals surface area (Å²) in [6, 6.07) is 8.23. The Balaban J connectivity index is 1.85. The van der Waals surface area contributed by atoms with E-state index in [0.717, 1.165) is 24.5 Å². The number of thioether (sulfide) groups is 1. The second-order valence-electron chi connectivity index (χ2n) is 5.70. The molecule has 1 heterocycles. The van der Waals surface area contributed by atoms with Gasteiger partial charge >= 0.3 is 0 Å². The molecular formula is C16H24N2O2S. The lowest BCUT2D eigenvalue weighted by atomic mass is 10.2. The Bertz CT molecular complexity index is 476. The molecule has 2 atom stereocenters. The third kappa shape index (κ3) is 4.14. The monoisotopic (exact) mass is 308 g/mol. The molecule has 1 amide bonds. The van der Waals surface area contributed by atoms with E-state index in [2.05, 4.69) is 17.0 Å². The van der Waals surface area contributed by atoms with E-state index in [1.54, 1.807) is 12.0 Å². The van der Waals surface area contributed by atoms with Crippen molar-refractivity contribution >= 4 is 17.7 Å². The van der Waals surface area contributed by atoms with Crippen LogP contribution in [0.1, 0.15) is 12.0 Å². The van der Waals surface area contributed by atoms with Crippen LogP contribution in [-0.4, -0.2) is 61.8 Å². The van der Waals surface area contributed by atoms with Crippen LogP contribution in [0, 0.1) is 0 Å². The summed E-state index contributed by atoms with van der Waals surface area (Å²) in [5.41, 5.74) is 1.30. The summed E-state index contributed by atoms with van der Waals surface area (Å²) < 4.78 is 5.17. The first-order valence-corrected chi connectivity index (χ1v) is 8.22. The van der Waals surface area contributed by atoms with Gasteiger partial charge in [0, 0.05) is 31.6 Å². The number of benzene rings is 1. The Morgan fingerprint density at radius 1 is 1.38 bits per heavy atom. The van der Waals surface area contributed by atoms with Crippen molar-refractivity contribution < 1.29 is 9.53 Å². The van der Waals surface area contributed by atoms with Crippen molar-refractivity contribution in [2.75, 3.05) is 34.8 Å². The Hall–Kier alpha value is -1.20. The lowest BCUT2D eigenvalue weighted by Gasteiger charge is -2.21. The molecule has 0 spiro atoms. The molecule has 1 aliphatic rings. The van der Waals surface area contributed by atoms with Crippen molar-refractivity contribution in [2.45, 2.75) is 23.5 Å². The first-order valence-electron chi connectivity index (χ1n) is 7.17.